The van der Waals surface area contributed by atoms with Crippen molar-refractivity contribution >= 4 is 23.9 Å². The van der Waals surface area contributed by atoms with Crippen molar-refractivity contribution in [3.05, 3.63) is 34.6 Å². The number of hydrogen-bond donors (Lipinski definition) is 1. The van der Waals surface area contributed by atoms with Gasteiger partial charge in [-0.2, -0.15) is 0 Å². The van der Waals surface area contributed by atoms with Gasteiger partial charge in [0.15, 0.2) is 23.3 Å². The van der Waals surface area contributed by atoms with E-state index in [0.717, 1.165) is 23.9 Å². The Hall–Kier alpha value is -0.510. The minimum atomic E-state index is -2.15. The van der Waals surface area contributed by atoms with Gasteiger partial charge in [-0.25, -0.2) is 31.0 Å². The van der Waals surface area contributed by atoms with E-state index >= 15 is 0 Å². The number of rotatable bonds is 7. The molecule has 1 rings (SSSR count). The molecule has 1 aromatic rings. The number of nitrogens with zero attached hydrogens (tertiary/aromatic N) is 1. The fourth-order valence-electron chi connectivity index (χ4n) is 1.78. The summed E-state index contributed by atoms with van der Waals surface area (Å²) in [6.45, 7) is 2.26. The van der Waals surface area contributed by atoms with Gasteiger partial charge >= 0.3 is 0 Å². The summed E-state index contributed by atoms with van der Waals surface area (Å²) >= 11 is 2.19. The van der Waals surface area contributed by atoms with E-state index in [2.05, 4.69) is 4.72 Å². The molecule has 1 unspecified atom stereocenters. The number of hydrogen-bond acceptors (Lipinski definition) is 4. The molecule has 0 bridgehead atoms. The highest BCUT2D eigenvalue weighted by atomic mass is 32.2. The molecular formula is C12H15F5N2S2. The van der Waals surface area contributed by atoms with Crippen LogP contribution in [0.2, 0.25) is 0 Å². The summed E-state index contributed by atoms with van der Waals surface area (Å²) in [7, 11) is 0. The molecule has 21 heavy (non-hydrogen) atoms. The molecule has 0 amide bonds. The topological polar surface area (TPSA) is 15.3 Å². The summed E-state index contributed by atoms with van der Waals surface area (Å²) in [6, 6.07) is 0. The highest BCUT2D eigenvalue weighted by Gasteiger charge is 2.33. The van der Waals surface area contributed by atoms with E-state index in [1.54, 1.807) is 12.5 Å². The first kappa shape index (κ1) is 18.5. The van der Waals surface area contributed by atoms with Crippen LogP contribution < -0.4 is 4.72 Å². The first-order chi connectivity index (χ1) is 9.90. The van der Waals surface area contributed by atoms with E-state index in [4.69, 9.17) is 0 Å². The highest BCUT2D eigenvalue weighted by molar-refractivity contribution is 7.97. The second-order valence-electron chi connectivity index (χ2n) is 4.03. The first-order valence-electron chi connectivity index (χ1n) is 6.01. The van der Waals surface area contributed by atoms with Gasteiger partial charge in [-0.3, -0.25) is 0 Å². The second kappa shape index (κ2) is 8.21. The van der Waals surface area contributed by atoms with E-state index in [1.165, 1.54) is 4.31 Å². The Labute approximate surface area is 128 Å². The lowest BCUT2D eigenvalue weighted by atomic mass is 10.1. The maximum atomic E-state index is 13.9. The van der Waals surface area contributed by atoms with Gasteiger partial charge in [-0.05, 0) is 18.9 Å². The summed E-state index contributed by atoms with van der Waals surface area (Å²) in [5.41, 5.74) is -0.872. The van der Waals surface area contributed by atoms with Crippen LogP contribution in [0.4, 0.5) is 22.0 Å². The minimum absolute atomic E-state index is 0.416. The van der Waals surface area contributed by atoms with Gasteiger partial charge in [0.2, 0.25) is 5.82 Å². The Morgan fingerprint density at radius 3 is 1.81 bits per heavy atom. The van der Waals surface area contributed by atoms with Crippen LogP contribution in [0.15, 0.2) is 0 Å². The van der Waals surface area contributed by atoms with Crippen LogP contribution in [0.3, 0.4) is 0 Å². The fourth-order valence-corrected chi connectivity index (χ4v) is 3.05. The average Bonchev–Trinajstić information content (AvgIpc) is 2.48. The predicted octanol–water partition coefficient (Wildman–Crippen LogP) is 4.24. The zero-order valence-corrected chi connectivity index (χ0v) is 13.3. The molecule has 120 valence electrons. The van der Waals surface area contributed by atoms with Crippen molar-refractivity contribution in [2.45, 2.75) is 19.5 Å². The van der Waals surface area contributed by atoms with Crippen LogP contribution in [0, 0.1) is 29.1 Å². The van der Waals surface area contributed by atoms with Crippen molar-refractivity contribution in [3.63, 3.8) is 0 Å². The summed E-state index contributed by atoms with van der Waals surface area (Å²) < 4.78 is 71.8. The summed E-state index contributed by atoms with van der Waals surface area (Å²) in [5.74, 6) is -9.65. The van der Waals surface area contributed by atoms with E-state index in [1.807, 2.05) is 6.92 Å². The lowest BCUT2D eigenvalue weighted by Crippen LogP contribution is -2.33. The predicted molar refractivity (Wildman–Crippen MR) is 76.1 cm³/mol. The number of halogens is 5. The van der Waals surface area contributed by atoms with Gasteiger partial charge in [-0.15, -0.1) is 0 Å². The second-order valence-corrected chi connectivity index (χ2v) is 5.51. The molecule has 0 spiro atoms. The molecule has 1 N–H and O–H groups in total. The molecule has 9 heteroatoms. The van der Waals surface area contributed by atoms with Crippen molar-refractivity contribution in [2.75, 3.05) is 19.1 Å². The quantitative estimate of drug-likeness (QED) is 0.261. The molecule has 0 heterocycles. The van der Waals surface area contributed by atoms with Gasteiger partial charge < -0.3 is 0 Å². The Morgan fingerprint density at radius 1 is 0.952 bits per heavy atom. The smallest absolute Gasteiger partial charge is 0.200 e. The maximum Gasteiger partial charge on any atom is 0.200 e. The molecule has 0 saturated heterocycles. The van der Waals surface area contributed by atoms with Gasteiger partial charge in [0.1, 0.15) is 6.17 Å². The lowest BCUT2D eigenvalue weighted by molar-refractivity contribution is 0.304. The van der Waals surface area contributed by atoms with Crippen LogP contribution in [0.25, 0.3) is 0 Å². The third-order valence-corrected chi connectivity index (χ3v) is 4.03. The van der Waals surface area contributed by atoms with Gasteiger partial charge in [0, 0.05) is 6.54 Å². The Kier molecular flexibility index (Phi) is 7.25. The Bertz CT molecular complexity index is 472. The standard InChI is InChI=1S/C12H15F5N2S2/c1-4-5-19(21-3)12(18-20-2)6-7(13)9(15)11(17)10(16)8(6)14/h12,18H,4-5H2,1-3H3. The van der Waals surface area contributed by atoms with Crippen LogP contribution >= 0.6 is 23.9 Å². The zero-order chi connectivity index (χ0) is 16.2. The summed E-state index contributed by atoms with van der Waals surface area (Å²) in [6.07, 6.45) is 2.78. The van der Waals surface area contributed by atoms with E-state index < -0.39 is 40.8 Å². The van der Waals surface area contributed by atoms with E-state index in [0.29, 0.717) is 13.0 Å². The van der Waals surface area contributed by atoms with Crippen LogP contribution in [-0.2, 0) is 0 Å². The zero-order valence-electron chi connectivity index (χ0n) is 11.6. The minimum Gasteiger partial charge on any atom is -0.242 e. The largest absolute Gasteiger partial charge is 0.242 e. The maximum absolute atomic E-state index is 13.9. The van der Waals surface area contributed by atoms with Gasteiger partial charge in [0.05, 0.1) is 5.56 Å². The first-order valence-corrected chi connectivity index (χ1v) is 8.41. The fraction of sp³-hybridized carbons (Fsp3) is 0.500. The van der Waals surface area contributed by atoms with Crippen molar-refractivity contribution in [3.8, 4) is 0 Å². The third-order valence-electron chi connectivity index (χ3n) is 2.71. The molecule has 0 aliphatic rings. The van der Waals surface area contributed by atoms with Crippen molar-refractivity contribution < 1.29 is 22.0 Å². The van der Waals surface area contributed by atoms with Crippen LogP contribution in [0.5, 0.6) is 0 Å². The average molecular weight is 346 g/mol. The molecule has 0 fully saturated rings. The van der Waals surface area contributed by atoms with E-state index in [-0.39, 0.29) is 0 Å². The monoisotopic (exact) mass is 346 g/mol. The lowest BCUT2D eigenvalue weighted by Gasteiger charge is -2.30. The van der Waals surface area contributed by atoms with Gasteiger partial charge in [-0.1, -0.05) is 30.8 Å². The molecule has 1 atom stereocenters. The SMILES string of the molecule is CCCN(SC)C(NSC)c1c(F)c(F)c(F)c(F)c1F. The van der Waals surface area contributed by atoms with E-state index in [9.17, 15) is 22.0 Å². The molecule has 0 radical (unpaired) electrons. The van der Waals surface area contributed by atoms with Crippen molar-refractivity contribution in [2.24, 2.45) is 0 Å². The number of nitrogens with one attached hydrogen (secondary N) is 1. The van der Waals surface area contributed by atoms with Crippen molar-refractivity contribution in [1.82, 2.24) is 9.03 Å². The molecule has 0 aromatic heterocycles. The molecular weight excluding hydrogens is 331 g/mol. The molecule has 0 aliphatic carbocycles. The van der Waals surface area contributed by atoms with Crippen LogP contribution in [0.1, 0.15) is 25.1 Å². The van der Waals surface area contributed by atoms with Crippen molar-refractivity contribution in [1.29, 1.82) is 0 Å². The number of benzene rings is 1. The molecule has 1 aromatic carbocycles. The summed E-state index contributed by atoms with van der Waals surface area (Å²) in [5, 5.41) is 0. The highest BCUT2D eigenvalue weighted by Crippen LogP contribution is 2.33. The third kappa shape index (κ3) is 3.82. The Balaban J connectivity index is 3.44. The Morgan fingerprint density at radius 2 is 1.43 bits per heavy atom. The molecule has 0 saturated carbocycles. The molecule has 2 nitrogen and oxygen atoms in total. The normalized spacial score (nSPS) is 13.0. The molecule has 0 aliphatic heterocycles. The van der Waals surface area contributed by atoms with Gasteiger partial charge in [0.25, 0.3) is 0 Å². The summed E-state index contributed by atoms with van der Waals surface area (Å²) in [4.78, 5) is 0. The van der Waals surface area contributed by atoms with Crippen LogP contribution in [-0.4, -0.2) is 23.4 Å².